The van der Waals surface area contributed by atoms with Gasteiger partial charge in [-0.1, -0.05) is 13.8 Å². The second kappa shape index (κ2) is 5.99. The number of nitrogens with one attached hydrogen (secondary N) is 1. The van der Waals surface area contributed by atoms with Crippen LogP contribution >= 0.6 is 0 Å². The van der Waals surface area contributed by atoms with Crippen LogP contribution in [0.5, 0.6) is 0 Å². The van der Waals surface area contributed by atoms with Gasteiger partial charge in [0.15, 0.2) is 0 Å². The standard InChI is InChI=1S/C13H26N2O/c1-3-12-10-16-8-7-15(12)13-6-5-11(13)9-14-4-2/h11-14H,3-10H2,1-2H3. The van der Waals surface area contributed by atoms with Crippen LogP contribution in [0.2, 0.25) is 0 Å². The number of ether oxygens (including phenoxy) is 1. The van der Waals surface area contributed by atoms with Gasteiger partial charge in [0.25, 0.3) is 0 Å². The second-order valence-corrected chi connectivity index (χ2v) is 5.09. The Hall–Kier alpha value is -0.120. The molecule has 0 bridgehead atoms. The van der Waals surface area contributed by atoms with E-state index < -0.39 is 0 Å². The fourth-order valence-electron chi connectivity index (χ4n) is 3.01. The van der Waals surface area contributed by atoms with Crippen LogP contribution in [-0.2, 0) is 4.74 Å². The smallest absolute Gasteiger partial charge is 0.0622 e. The largest absolute Gasteiger partial charge is 0.378 e. The molecule has 0 aromatic carbocycles. The van der Waals surface area contributed by atoms with Crippen LogP contribution in [0, 0.1) is 5.92 Å². The van der Waals surface area contributed by atoms with Crippen molar-refractivity contribution in [3.05, 3.63) is 0 Å². The minimum atomic E-state index is 0.670. The van der Waals surface area contributed by atoms with Crippen molar-refractivity contribution in [2.75, 3.05) is 32.8 Å². The predicted molar refractivity (Wildman–Crippen MR) is 66.7 cm³/mol. The highest BCUT2D eigenvalue weighted by Gasteiger charge is 2.38. The van der Waals surface area contributed by atoms with Crippen molar-refractivity contribution in [1.82, 2.24) is 10.2 Å². The van der Waals surface area contributed by atoms with E-state index in [0.717, 1.165) is 38.3 Å². The van der Waals surface area contributed by atoms with Crippen molar-refractivity contribution in [1.29, 1.82) is 0 Å². The van der Waals surface area contributed by atoms with E-state index in [2.05, 4.69) is 24.1 Å². The Morgan fingerprint density at radius 2 is 2.19 bits per heavy atom. The van der Waals surface area contributed by atoms with E-state index in [1.807, 2.05) is 0 Å². The maximum Gasteiger partial charge on any atom is 0.0622 e. The molecule has 1 N–H and O–H groups in total. The summed E-state index contributed by atoms with van der Waals surface area (Å²) in [5.74, 6) is 0.882. The van der Waals surface area contributed by atoms with Crippen molar-refractivity contribution in [3.8, 4) is 0 Å². The Balaban J connectivity index is 1.85. The van der Waals surface area contributed by atoms with Crippen molar-refractivity contribution >= 4 is 0 Å². The monoisotopic (exact) mass is 226 g/mol. The zero-order valence-electron chi connectivity index (χ0n) is 10.7. The Labute approximate surface area is 99.5 Å². The van der Waals surface area contributed by atoms with E-state index in [1.165, 1.54) is 25.8 Å². The van der Waals surface area contributed by atoms with E-state index in [1.54, 1.807) is 0 Å². The molecule has 1 saturated carbocycles. The van der Waals surface area contributed by atoms with Crippen molar-refractivity contribution < 1.29 is 4.74 Å². The summed E-state index contributed by atoms with van der Waals surface area (Å²) in [6, 6.07) is 1.50. The summed E-state index contributed by atoms with van der Waals surface area (Å²) in [4.78, 5) is 2.72. The zero-order chi connectivity index (χ0) is 11.4. The Morgan fingerprint density at radius 3 is 2.81 bits per heavy atom. The van der Waals surface area contributed by atoms with E-state index in [-0.39, 0.29) is 0 Å². The van der Waals surface area contributed by atoms with Gasteiger partial charge in [-0.05, 0) is 38.3 Å². The highest BCUT2D eigenvalue weighted by atomic mass is 16.5. The number of morpholine rings is 1. The molecule has 3 heteroatoms. The summed E-state index contributed by atoms with van der Waals surface area (Å²) in [6.45, 7) is 9.80. The fraction of sp³-hybridized carbons (Fsp3) is 1.00. The molecule has 3 unspecified atom stereocenters. The maximum absolute atomic E-state index is 5.58. The molecule has 0 amide bonds. The zero-order valence-corrected chi connectivity index (χ0v) is 10.7. The number of hydrogen-bond acceptors (Lipinski definition) is 3. The molecule has 3 nitrogen and oxygen atoms in total. The van der Waals surface area contributed by atoms with E-state index >= 15 is 0 Å². The van der Waals surface area contributed by atoms with E-state index in [9.17, 15) is 0 Å². The highest BCUT2D eigenvalue weighted by molar-refractivity contribution is 4.93. The molecule has 1 aliphatic carbocycles. The highest BCUT2D eigenvalue weighted by Crippen LogP contribution is 2.34. The summed E-state index contributed by atoms with van der Waals surface area (Å²) in [6.07, 6.45) is 4.03. The van der Waals surface area contributed by atoms with Crippen LogP contribution in [0.1, 0.15) is 33.1 Å². The predicted octanol–water partition coefficient (Wildman–Crippen LogP) is 1.49. The van der Waals surface area contributed by atoms with Gasteiger partial charge in [0, 0.05) is 18.6 Å². The van der Waals surface area contributed by atoms with Gasteiger partial charge in [0.2, 0.25) is 0 Å². The Morgan fingerprint density at radius 1 is 1.31 bits per heavy atom. The molecule has 2 aliphatic rings. The molecule has 94 valence electrons. The first kappa shape index (κ1) is 12.3. The van der Waals surface area contributed by atoms with Gasteiger partial charge in [-0.3, -0.25) is 4.90 Å². The van der Waals surface area contributed by atoms with Gasteiger partial charge < -0.3 is 10.1 Å². The number of hydrogen-bond donors (Lipinski definition) is 1. The maximum atomic E-state index is 5.58. The molecule has 0 spiro atoms. The van der Waals surface area contributed by atoms with Crippen LogP contribution < -0.4 is 5.32 Å². The lowest BCUT2D eigenvalue weighted by Crippen LogP contribution is -2.58. The summed E-state index contributed by atoms with van der Waals surface area (Å²) in [5, 5.41) is 3.49. The van der Waals surface area contributed by atoms with Crippen molar-refractivity contribution in [3.63, 3.8) is 0 Å². The number of rotatable bonds is 5. The lowest BCUT2D eigenvalue weighted by Gasteiger charge is -2.49. The van der Waals surface area contributed by atoms with Gasteiger partial charge in [0.05, 0.1) is 13.2 Å². The van der Waals surface area contributed by atoms with Crippen LogP contribution in [0.3, 0.4) is 0 Å². The first-order valence-electron chi connectivity index (χ1n) is 6.91. The van der Waals surface area contributed by atoms with Crippen molar-refractivity contribution in [2.45, 2.75) is 45.2 Å². The lowest BCUT2D eigenvalue weighted by atomic mass is 9.77. The minimum absolute atomic E-state index is 0.670. The van der Waals surface area contributed by atoms with Gasteiger partial charge in [0.1, 0.15) is 0 Å². The minimum Gasteiger partial charge on any atom is -0.378 e. The van der Waals surface area contributed by atoms with E-state index in [0.29, 0.717) is 6.04 Å². The first-order chi connectivity index (χ1) is 7.86. The van der Waals surface area contributed by atoms with Gasteiger partial charge in [-0.25, -0.2) is 0 Å². The van der Waals surface area contributed by atoms with Crippen LogP contribution in [0.25, 0.3) is 0 Å². The molecule has 0 radical (unpaired) electrons. The average molecular weight is 226 g/mol. The summed E-state index contributed by atoms with van der Waals surface area (Å²) >= 11 is 0. The Kier molecular flexibility index (Phi) is 4.62. The van der Waals surface area contributed by atoms with Crippen LogP contribution in [0.4, 0.5) is 0 Å². The van der Waals surface area contributed by atoms with Crippen LogP contribution in [0.15, 0.2) is 0 Å². The van der Waals surface area contributed by atoms with Crippen molar-refractivity contribution in [2.24, 2.45) is 5.92 Å². The number of nitrogens with zero attached hydrogens (tertiary/aromatic N) is 1. The molecular formula is C13H26N2O. The summed E-state index contributed by atoms with van der Waals surface area (Å²) < 4.78 is 5.58. The Bertz CT molecular complexity index is 210. The van der Waals surface area contributed by atoms with Crippen LogP contribution in [-0.4, -0.2) is 49.8 Å². The fourth-order valence-corrected chi connectivity index (χ4v) is 3.01. The third-order valence-corrected chi connectivity index (χ3v) is 4.20. The second-order valence-electron chi connectivity index (χ2n) is 5.09. The summed E-state index contributed by atoms with van der Waals surface area (Å²) in [5.41, 5.74) is 0. The molecule has 3 atom stereocenters. The van der Waals surface area contributed by atoms with E-state index in [4.69, 9.17) is 4.74 Å². The molecule has 16 heavy (non-hydrogen) atoms. The molecule has 2 rings (SSSR count). The molecule has 2 fully saturated rings. The molecule has 0 aromatic heterocycles. The average Bonchev–Trinajstić information content (AvgIpc) is 2.29. The molecule has 1 saturated heterocycles. The lowest BCUT2D eigenvalue weighted by molar-refractivity contribution is -0.0656. The quantitative estimate of drug-likeness (QED) is 0.768. The normalized spacial score (nSPS) is 36.0. The molecule has 0 aromatic rings. The third kappa shape index (κ3) is 2.58. The molecule has 1 aliphatic heterocycles. The van der Waals surface area contributed by atoms with Gasteiger partial charge in [-0.2, -0.15) is 0 Å². The van der Waals surface area contributed by atoms with Gasteiger partial charge >= 0.3 is 0 Å². The SMILES string of the molecule is CCNCC1CCC1N1CCOCC1CC. The topological polar surface area (TPSA) is 24.5 Å². The third-order valence-electron chi connectivity index (χ3n) is 4.20. The first-order valence-corrected chi connectivity index (χ1v) is 6.91. The summed E-state index contributed by atoms with van der Waals surface area (Å²) in [7, 11) is 0. The molecule has 1 heterocycles. The molecular weight excluding hydrogens is 200 g/mol. The van der Waals surface area contributed by atoms with Gasteiger partial charge in [-0.15, -0.1) is 0 Å².